The fourth-order valence-electron chi connectivity index (χ4n) is 2.19. The van der Waals surface area contributed by atoms with Crippen LogP contribution >= 0.6 is 15.9 Å². The topological polar surface area (TPSA) is 53.1 Å². The van der Waals surface area contributed by atoms with E-state index >= 15 is 0 Å². The summed E-state index contributed by atoms with van der Waals surface area (Å²) in [6.45, 7) is 4.61. The van der Waals surface area contributed by atoms with Gasteiger partial charge in [-0.3, -0.25) is 4.68 Å². The Morgan fingerprint density at radius 1 is 1.38 bits per heavy atom. The Hall–Kier alpha value is -1.33. The van der Waals surface area contributed by atoms with Crippen LogP contribution in [0.1, 0.15) is 30.8 Å². The summed E-state index contributed by atoms with van der Waals surface area (Å²) in [5.74, 6) is 0.836. The minimum Gasteiger partial charge on any atom is -0.486 e. The first kappa shape index (κ1) is 16.0. The van der Waals surface area contributed by atoms with Gasteiger partial charge in [-0.15, -0.1) is 0 Å². The second-order valence-electron chi connectivity index (χ2n) is 5.34. The minimum atomic E-state index is 0.158. The fraction of sp³-hybridized carbons (Fsp3) is 0.438. The Labute approximate surface area is 134 Å². The van der Waals surface area contributed by atoms with E-state index in [1.807, 2.05) is 24.7 Å². The number of nitrogens with zero attached hydrogens (tertiary/aromatic N) is 2. The second kappa shape index (κ2) is 7.09. The molecule has 0 radical (unpaired) electrons. The minimum absolute atomic E-state index is 0.158. The summed E-state index contributed by atoms with van der Waals surface area (Å²) < 4.78 is 8.71. The van der Waals surface area contributed by atoms with Crippen LogP contribution in [-0.4, -0.2) is 15.8 Å². The molecule has 1 aromatic heterocycles. The van der Waals surface area contributed by atoms with E-state index in [2.05, 4.69) is 46.2 Å². The lowest BCUT2D eigenvalue weighted by molar-refractivity contribution is 0.293. The molecule has 5 heteroatoms. The largest absolute Gasteiger partial charge is 0.486 e. The summed E-state index contributed by atoms with van der Waals surface area (Å²) in [6, 6.07) is 8.35. The van der Waals surface area contributed by atoms with Crippen LogP contribution in [0.25, 0.3) is 0 Å². The predicted octanol–water partition coefficient (Wildman–Crippen LogP) is 3.21. The van der Waals surface area contributed by atoms with Crippen LogP contribution < -0.4 is 10.5 Å². The summed E-state index contributed by atoms with van der Waals surface area (Å²) in [6.07, 6.45) is 1.80. The number of hydrogen-bond acceptors (Lipinski definition) is 3. The summed E-state index contributed by atoms with van der Waals surface area (Å²) in [5.41, 5.74) is 9.18. The number of hydrogen-bond donors (Lipinski definition) is 1. The van der Waals surface area contributed by atoms with E-state index in [0.717, 1.165) is 34.5 Å². The SMILES string of the molecule is CCc1cc(COc2ccc(CC(C)N)cc2Br)n(C)n1. The third-order valence-electron chi connectivity index (χ3n) is 3.32. The van der Waals surface area contributed by atoms with Crippen LogP contribution in [-0.2, 0) is 26.5 Å². The Morgan fingerprint density at radius 2 is 2.14 bits per heavy atom. The quantitative estimate of drug-likeness (QED) is 0.869. The zero-order valence-electron chi connectivity index (χ0n) is 12.8. The van der Waals surface area contributed by atoms with Crippen molar-refractivity contribution >= 4 is 15.9 Å². The van der Waals surface area contributed by atoms with Crippen LogP contribution in [0.4, 0.5) is 0 Å². The van der Waals surface area contributed by atoms with Crippen LogP contribution in [0.15, 0.2) is 28.7 Å². The van der Waals surface area contributed by atoms with Crippen molar-refractivity contribution in [2.45, 2.75) is 39.3 Å². The van der Waals surface area contributed by atoms with Crippen molar-refractivity contribution < 1.29 is 4.74 Å². The van der Waals surface area contributed by atoms with Crippen molar-refractivity contribution in [3.63, 3.8) is 0 Å². The van der Waals surface area contributed by atoms with Crippen LogP contribution in [0.2, 0.25) is 0 Å². The average molecular weight is 352 g/mol. The van der Waals surface area contributed by atoms with E-state index < -0.39 is 0 Å². The van der Waals surface area contributed by atoms with Gasteiger partial charge in [0.15, 0.2) is 0 Å². The Balaban J connectivity index is 2.04. The summed E-state index contributed by atoms with van der Waals surface area (Å²) in [7, 11) is 1.94. The molecule has 1 heterocycles. The molecule has 4 nitrogen and oxygen atoms in total. The third kappa shape index (κ3) is 4.32. The summed E-state index contributed by atoms with van der Waals surface area (Å²) in [4.78, 5) is 0. The number of aromatic nitrogens is 2. The van der Waals surface area contributed by atoms with Crippen LogP contribution in [0.3, 0.4) is 0 Å². The molecule has 2 rings (SSSR count). The van der Waals surface area contributed by atoms with Gasteiger partial charge in [-0.25, -0.2) is 0 Å². The Bertz CT molecular complexity index is 608. The third-order valence-corrected chi connectivity index (χ3v) is 3.94. The first-order valence-electron chi connectivity index (χ1n) is 7.18. The number of aryl methyl sites for hydroxylation is 2. The zero-order valence-corrected chi connectivity index (χ0v) is 14.4. The van der Waals surface area contributed by atoms with Gasteiger partial charge in [0, 0.05) is 13.1 Å². The Kier molecular flexibility index (Phi) is 5.42. The van der Waals surface area contributed by atoms with E-state index in [-0.39, 0.29) is 6.04 Å². The Morgan fingerprint density at radius 3 is 2.71 bits per heavy atom. The zero-order chi connectivity index (χ0) is 15.4. The maximum atomic E-state index is 5.88. The molecule has 1 unspecified atom stereocenters. The van der Waals surface area contributed by atoms with E-state index in [1.165, 1.54) is 5.56 Å². The number of nitrogens with two attached hydrogens (primary N) is 1. The average Bonchev–Trinajstić information content (AvgIpc) is 2.78. The smallest absolute Gasteiger partial charge is 0.134 e. The summed E-state index contributed by atoms with van der Waals surface area (Å²) >= 11 is 3.56. The van der Waals surface area contributed by atoms with Crippen molar-refractivity contribution in [1.82, 2.24) is 9.78 Å². The maximum absolute atomic E-state index is 5.88. The standard InChI is InChI=1S/C16H22BrN3O/c1-4-13-9-14(20(3)19-13)10-21-16-6-5-12(7-11(2)18)8-15(16)17/h5-6,8-9,11H,4,7,10,18H2,1-3H3. The van der Waals surface area contributed by atoms with Gasteiger partial charge in [-0.1, -0.05) is 13.0 Å². The van der Waals surface area contributed by atoms with Crippen molar-refractivity contribution in [1.29, 1.82) is 0 Å². The molecule has 2 aromatic rings. The van der Waals surface area contributed by atoms with Gasteiger partial charge < -0.3 is 10.5 Å². The van der Waals surface area contributed by atoms with E-state index in [0.29, 0.717) is 6.61 Å². The molecule has 1 aromatic carbocycles. The lowest BCUT2D eigenvalue weighted by Gasteiger charge is -2.11. The highest BCUT2D eigenvalue weighted by Crippen LogP contribution is 2.27. The maximum Gasteiger partial charge on any atom is 0.134 e. The van der Waals surface area contributed by atoms with Gasteiger partial charge in [0.25, 0.3) is 0 Å². The molecular weight excluding hydrogens is 330 g/mol. The molecule has 0 aliphatic carbocycles. The van der Waals surface area contributed by atoms with Gasteiger partial charge in [0.2, 0.25) is 0 Å². The molecule has 0 amide bonds. The lowest BCUT2D eigenvalue weighted by Crippen LogP contribution is -2.17. The molecule has 0 fully saturated rings. The number of halogens is 1. The van der Waals surface area contributed by atoms with Crippen molar-refractivity contribution in [2.24, 2.45) is 12.8 Å². The van der Waals surface area contributed by atoms with Gasteiger partial charge >= 0.3 is 0 Å². The highest BCUT2D eigenvalue weighted by molar-refractivity contribution is 9.10. The fourth-order valence-corrected chi connectivity index (χ4v) is 2.73. The second-order valence-corrected chi connectivity index (χ2v) is 6.19. The molecule has 0 aliphatic heterocycles. The van der Waals surface area contributed by atoms with E-state index in [1.54, 1.807) is 0 Å². The first-order chi connectivity index (χ1) is 9.99. The van der Waals surface area contributed by atoms with Gasteiger partial charge in [-0.05, 0) is 59.5 Å². The van der Waals surface area contributed by atoms with Crippen LogP contribution in [0.5, 0.6) is 5.75 Å². The number of benzene rings is 1. The summed E-state index contributed by atoms with van der Waals surface area (Å²) in [5, 5.41) is 4.42. The first-order valence-corrected chi connectivity index (χ1v) is 7.97. The lowest BCUT2D eigenvalue weighted by atomic mass is 10.1. The van der Waals surface area contributed by atoms with Gasteiger partial charge in [-0.2, -0.15) is 5.10 Å². The van der Waals surface area contributed by atoms with Gasteiger partial charge in [0.05, 0.1) is 15.9 Å². The van der Waals surface area contributed by atoms with Crippen LogP contribution in [0, 0.1) is 0 Å². The molecule has 0 aliphatic rings. The molecule has 2 N–H and O–H groups in total. The molecule has 0 saturated carbocycles. The van der Waals surface area contributed by atoms with Gasteiger partial charge in [0.1, 0.15) is 12.4 Å². The molecule has 0 spiro atoms. The highest BCUT2D eigenvalue weighted by Gasteiger charge is 2.08. The van der Waals surface area contributed by atoms with Crippen molar-refractivity contribution in [3.05, 3.63) is 45.7 Å². The predicted molar refractivity (Wildman–Crippen MR) is 88.4 cm³/mol. The molecule has 21 heavy (non-hydrogen) atoms. The molecule has 1 atom stereocenters. The number of ether oxygens (including phenoxy) is 1. The molecule has 0 saturated heterocycles. The highest BCUT2D eigenvalue weighted by atomic mass is 79.9. The van der Waals surface area contributed by atoms with E-state index in [4.69, 9.17) is 10.5 Å². The molecule has 0 bridgehead atoms. The molecular formula is C16H22BrN3O. The normalized spacial score (nSPS) is 12.4. The number of rotatable bonds is 6. The molecule has 114 valence electrons. The van der Waals surface area contributed by atoms with Crippen molar-refractivity contribution in [2.75, 3.05) is 0 Å². The monoisotopic (exact) mass is 351 g/mol. The van der Waals surface area contributed by atoms with Crippen molar-refractivity contribution in [3.8, 4) is 5.75 Å². The van der Waals surface area contributed by atoms with E-state index in [9.17, 15) is 0 Å².